The van der Waals surface area contributed by atoms with Gasteiger partial charge in [-0.3, -0.25) is 4.79 Å². The van der Waals surface area contributed by atoms with Crippen LogP contribution in [-0.4, -0.2) is 24.3 Å². The van der Waals surface area contributed by atoms with E-state index in [1.54, 1.807) is 0 Å². The summed E-state index contributed by atoms with van der Waals surface area (Å²) < 4.78 is 5.40. The fraction of sp³-hybridized carbons (Fsp3) is 0.917. The normalized spacial score (nSPS) is 31.7. The van der Waals surface area contributed by atoms with E-state index < -0.39 is 5.97 Å². The first-order valence-electron chi connectivity index (χ1n) is 5.96. The largest absolute Gasteiger partial charge is 0.481 e. The summed E-state index contributed by atoms with van der Waals surface area (Å²) >= 11 is 0. The number of aliphatic carboxylic acids is 1. The molecule has 2 aliphatic rings. The van der Waals surface area contributed by atoms with Crippen LogP contribution in [0.2, 0.25) is 0 Å². The Balaban J connectivity index is 2.12. The van der Waals surface area contributed by atoms with E-state index in [1.165, 1.54) is 12.8 Å². The van der Waals surface area contributed by atoms with E-state index in [-0.39, 0.29) is 11.3 Å². The van der Waals surface area contributed by atoms with Crippen molar-refractivity contribution in [2.24, 2.45) is 17.3 Å². The van der Waals surface area contributed by atoms with E-state index in [1.807, 2.05) is 6.92 Å². The number of hydrogen-bond acceptors (Lipinski definition) is 2. The lowest BCUT2D eigenvalue weighted by Gasteiger charge is -2.40. The lowest BCUT2D eigenvalue weighted by molar-refractivity contribution is -0.145. The molecule has 0 bridgehead atoms. The summed E-state index contributed by atoms with van der Waals surface area (Å²) in [7, 11) is 0. The van der Waals surface area contributed by atoms with E-state index in [4.69, 9.17) is 9.84 Å². The van der Waals surface area contributed by atoms with Crippen molar-refractivity contribution in [3.63, 3.8) is 0 Å². The number of carbonyl (C=O) groups is 1. The van der Waals surface area contributed by atoms with Crippen LogP contribution in [0.1, 0.15) is 39.0 Å². The van der Waals surface area contributed by atoms with Gasteiger partial charge in [-0.05, 0) is 37.0 Å². The van der Waals surface area contributed by atoms with Gasteiger partial charge in [0, 0.05) is 13.2 Å². The summed E-state index contributed by atoms with van der Waals surface area (Å²) in [5, 5.41) is 9.13. The Morgan fingerprint density at radius 2 is 2.07 bits per heavy atom. The van der Waals surface area contributed by atoms with Crippen LogP contribution in [0.25, 0.3) is 0 Å². The highest BCUT2D eigenvalue weighted by Gasteiger charge is 2.47. The van der Waals surface area contributed by atoms with Gasteiger partial charge in [0.25, 0.3) is 0 Å². The Morgan fingerprint density at radius 3 is 2.67 bits per heavy atom. The molecule has 2 unspecified atom stereocenters. The highest BCUT2D eigenvalue weighted by molar-refractivity contribution is 5.70. The number of ether oxygens (including phenoxy) is 1. The minimum atomic E-state index is -0.632. The molecular formula is C12H20O3. The lowest BCUT2D eigenvalue weighted by Crippen LogP contribution is -2.38. The summed E-state index contributed by atoms with van der Waals surface area (Å²) in [6.07, 6.45) is 5.62. The maximum Gasteiger partial charge on any atom is 0.306 e. The zero-order chi connectivity index (χ0) is 10.9. The first-order chi connectivity index (χ1) is 7.16. The molecule has 2 fully saturated rings. The third-order valence-corrected chi connectivity index (χ3v) is 4.46. The van der Waals surface area contributed by atoms with Gasteiger partial charge in [0.05, 0.1) is 5.92 Å². The zero-order valence-corrected chi connectivity index (χ0v) is 9.37. The first-order valence-corrected chi connectivity index (χ1v) is 5.96. The van der Waals surface area contributed by atoms with Crippen LogP contribution in [0.15, 0.2) is 0 Å². The summed E-state index contributed by atoms with van der Waals surface area (Å²) in [5.41, 5.74) is 0.288. The van der Waals surface area contributed by atoms with Crippen LogP contribution in [0, 0.1) is 17.3 Å². The molecule has 15 heavy (non-hydrogen) atoms. The summed E-state index contributed by atoms with van der Waals surface area (Å²) in [5.74, 6) is -0.447. The standard InChI is InChI=1S/C12H20O3/c1-9(11(13)14)10-3-2-4-12(10)5-7-15-8-6-12/h9-10H,2-8H2,1H3,(H,13,14). The van der Waals surface area contributed by atoms with Crippen molar-refractivity contribution < 1.29 is 14.6 Å². The molecule has 2 rings (SSSR count). The maximum atomic E-state index is 11.1. The maximum absolute atomic E-state index is 11.1. The minimum Gasteiger partial charge on any atom is -0.481 e. The third-order valence-electron chi connectivity index (χ3n) is 4.46. The summed E-state index contributed by atoms with van der Waals surface area (Å²) in [4.78, 5) is 11.1. The predicted octanol–water partition coefficient (Wildman–Crippen LogP) is 2.30. The van der Waals surface area contributed by atoms with Crippen molar-refractivity contribution in [3.8, 4) is 0 Å². The molecule has 1 aliphatic carbocycles. The van der Waals surface area contributed by atoms with E-state index >= 15 is 0 Å². The van der Waals surface area contributed by atoms with Gasteiger partial charge in [-0.25, -0.2) is 0 Å². The van der Waals surface area contributed by atoms with Gasteiger partial charge < -0.3 is 9.84 Å². The molecule has 0 aromatic rings. The molecule has 86 valence electrons. The van der Waals surface area contributed by atoms with Crippen molar-refractivity contribution in [2.75, 3.05) is 13.2 Å². The van der Waals surface area contributed by atoms with Crippen molar-refractivity contribution in [2.45, 2.75) is 39.0 Å². The molecule has 0 amide bonds. The third kappa shape index (κ3) is 1.89. The molecule has 1 spiro atoms. The van der Waals surface area contributed by atoms with Crippen molar-refractivity contribution in [3.05, 3.63) is 0 Å². The lowest BCUT2D eigenvalue weighted by atomic mass is 9.67. The second kappa shape index (κ2) is 4.12. The molecular weight excluding hydrogens is 192 g/mol. The Hall–Kier alpha value is -0.570. The molecule has 2 atom stereocenters. The Kier molecular flexibility index (Phi) is 3.01. The van der Waals surface area contributed by atoms with Crippen LogP contribution in [0.5, 0.6) is 0 Å². The minimum absolute atomic E-state index is 0.189. The van der Waals surface area contributed by atoms with Gasteiger partial charge in [0.15, 0.2) is 0 Å². The molecule has 3 nitrogen and oxygen atoms in total. The summed E-state index contributed by atoms with van der Waals surface area (Å²) in [6, 6.07) is 0. The van der Waals surface area contributed by atoms with Gasteiger partial charge in [-0.15, -0.1) is 0 Å². The fourth-order valence-electron chi connectivity index (χ4n) is 3.52. The topological polar surface area (TPSA) is 46.5 Å². The highest BCUT2D eigenvalue weighted by atomic mass is 16.5. The average Bonchev–Trinajstić information content (AvgIpc) is 2.61. The highest BCUT2D eigenvalue weighted by Crippen LogP contribution is 2.53. The van der Waals surface area contributed by atoms with E-state index in [0.29, 0.717) is 5.92 Å². The van der Waals surface area contributed by atoms with Crippen LogP contribution < -0.4 is 0 Å². The van der Waals surface area contributed by atoms with Gasteiger partial charge in [-0.1, -0.05) is 13.3 Å². The molecule has 1 N–H and O–H groups in total. The second-order valence-corrected chi connectivity index (χ2v) is 5.10. The Bertz CT molecular complexity index is 243. The molecule has 3 heteroatoms. The van der Waals surface area contributed by atoms with Crippen LogP contribution >= 0.6 is 0 Å². The van der Waals surface area contributed by atoms with Crippen LogP contribution in [-0.2, 0) is 9.53 Å². The Morgan fingerprint density at radius 1 is 1.40 bits per heavy atom. The summed E-state index contributed by atoms with van der Waals surface area (Å²) in [6.45, 7) is 3.52. The fourth-order valence-corrected chi connectivity index (χ4v) is 3.52. The van der Waals surface area contributed by atoms with E-state index in [0.717, 1.165) is 32.5 Å². The molecule has 0 aromatic carbocycles. The molecule has 1 saturated carbocycles. The number of hydrogen-bond donors (Lipinski definition) is 1. The molecule has 1 aliphatic heterocycles. The van der Waals surface area contributed by atoms with Gasteiger partial charge in [0.2, 0.25) is 0 Å². The molecule has 1 heterocycles. The second-order valence-electron chi connectivity index (χ2n) is 5.10. The quantitative estimate of drug-likeness (QED) is 0.764. The Labute approximate surface area is 90.8 Å². The predicted molar refractivity (Wildman–Crippen MR) is 56.6 cm³/mol. The van der Waals surface area contributed by atoms with Crippen molar-refractivity contribution >= 4 is 5.97 Å². The number of carboxylic acids is 1. The molecule has 0 aromatic heterocycles. The van der Waals surface area contributed by atoms with Gasteiger partial charge in [-0.2, -0.15) is 0 Å². The average molecular weight is 212 g/mol. The van der Waals surface area contributed by atoms with Crippen LogP contribution in [0.3, 0.4) is 0 Å². The first kappa shape index (κ1) is 10.9. The van der Waals surface area contributed by atoms with E-state index in [9.17, 15) is 4.79 Å². The SMILES string of the molecule is CC(C(=O)O)C1CCCC12CCOCC2. The smallest absolute Gasteiger partial charge is 0.306 e. The monoisotopic (exact) mass is 212 g/mol. The van der Waals surface area contributed by atoms with Gasteiger partial charge >= 0.3 is 5.97 Å². The van der Waals surface area contributed by atoms with E-state index in [2.05, 4.69) is 0 Å². The molecule has 0 radical (unpaired) electrons. The van der Waals surface area contributed by atoms with Crippen molar-refractivity contribution in [1.29, 1.82) is 0 Å². The van der Waals surface area contributed by atoms with Crippen LogP contribution in [0.4, 0.5) is 0 Å². The zero-order valence-electron chi connectivity index (χ0n) is 9.37. The number of rotatable bonds is 2. The molecule has 1 saturated heterocycles. The number of carboxylic acid groups (broad SMARTS) is 1. The van der Waals surface area contributed by atoms with Gasteiger partial charge in [0.1, 0.15) is 0 Å². The van der Waals surface area contributed by atoms with Crippen molar-refractivity contribution in [1.82, 2.24) is 0 Å².